The molecule has 1 saturated carbocycles. The standard InChI is InChI=1S/C17H16BrF2NO4/c1-11(23)25-17(6-4-16(19,20)5-7-17)21(10-22)15-8-12-2-3-13(18)9-14(12)24-15/h2-3,8-10H,4-7H2,1H3. The smallest absolute Gasteiger partial charge is 0.304 e. The molecule has 25 heavy (non-hydrogen) atoms. The van der Waals surface area contributed by atoms with Crippen molar-refractivity contribution in [2.45, 2.75) is 44.3 Å². The minimum Gasteiger partial charge on any atom is -0.440 e. The maximum absolute atomic E-state index is 13.6. The summed E-state index contributed by atoms with van der Waals surface area (Å²) in [6, 6.07) is 6.96. The summed E-state index contributed by atoms with van der Waals surface area (Å²) in [6.45, 7) is 1.19. The highest BCUT2D eigenvalue weighted by molar-refractivity contribution is 9.10. The summed E-state index contributed by atoms with van der Waals surface area (Å²) in [5.41, 5.74) is -0.948. The fraction of sp³-hybridized carbons (Fsp3) is 0.412. The first-order valence-corrected chi connectivity index (χ1v) is 8.55. The van der Waals surface area contributed by atoms with Gasteiger partial charge in [-0.2, -0.15) is 0 Å². The van der Waals surface area contributed by atoms with Crippen molar-refractivity contribution >= 4 is 45.2 Å². The van der Waals surface area contributed by atoms with Crippen LogP contribution >= 0.6 is 15.9 Å². The highest BCUT2D eigenvalue weighted by atomic mass is 79.9. The van der Waals surface area contributed by atoms with Crippen LogP contribution in [0.4, 0.5) is 14.7 Å². The zero-order valence-electron chi connectivity index (χ0n) is 13.4. The molecule has 1 aromatic heterocycles. The molecule has 134 valence electrons. The third-order valence-corrected chi connectivity index (χ3v) is 4.84. The summed E-state index contributed by atoms with van der Waals surface area (Å²) in [6.07, 6.45) is -0.829. The highest BCUT2D eigenvalue weighted by Gasteiger charge is 2.50. The number of hydrogen-bond acceptors (Lipinski definition) is 4. The number of amides is 1. The third kappa shape index (κ3) is 3.53. The Labute approximate surface area is 151 Å². The van der Waals surface area contributed by atoms with Gasteiger partial charge in [-0.1, -0.05) is 15.9 Å². The van der Waals surface area contributed by atoms with E-state index in [1.807, 2.05) is 6.07 Å². The van der Waals surface area contributed by atoms with Gasteiger partial charge in [0.25, 0.3) is 0 Å². The molecule has 1 amide bonds. The first-order chi connectivity index (χ1) is 11.7. The Morgan fingerprint density at radius 2 is 1.96 bits per heavy atom. The summed E-state index contributed by atoms with van der Waals surface area (Å²) in [7, 11) is 0. The minimum absolute atomic E-state index is 0.148. The number of ether oxygens (including phenoxy) is 1. The third-order valence-electron chi connectivity index (χ3n) is 4.35. The number of hydrogen-bond donors (Lipinski definition) is 0. The van der Waals surface area contributed by atoms with E-state index in [1.165, 1.54) is 6.92 Å². The van der Waals surface area contributed by atoms with Crippen LogP contribution < -0.4 is 4.90 Å². The van der Waals surface area contributed by atoms with Crippen molar-refractivity contribution < 1.29 is 27.5 Å². The van der Waals surface area contributed by atoms with Gasteiger partial charge in [0.1, 0.15) is 5.58 Å². The second-order valence-corrected chi connectivity index (χ2v) is 7.05. The molecule has 1 aliphatic carbocycles. The fourth-order valence-electron chi connectivity index (χ4n) is 3.12. The van der Waals surface area contributed by atoms with E-state index >= 15 is 0 Å². The van der Waals surface area contributed by atoms with Crippen molar-refractivity contribution in [3.8, 4) is 0 Å². The largest absolute Gasteiger partial charge is 0.440 e. The van der Waals surface area contributed by atoms with E-state index in [2.05, 4.69) is 15.9 Å². The van der Waals surface area contributed by atoms with Crippen molar-refractivity contribution in [3.05, 3.63) is 28.7 Å². The van der Waals surface area contributed by atoms with Crippen molar-refractivity contribution in [2.24, 2.45) is 0 Å². The molecule has 8 heteroatoms. The van der Waals surface area contributed by atoms with Crippen LogP contribution in [-0.4, -0.2) is 24.0 Å². The molecule has 5 nitrogen and oxygen atoms in total. The Morgan fingerprint density at radius 1 is 1.28 bits per heavy atom. The Kier molecular flexibility index (Phi) is 4.57. The Balaban J connectivity index is 2.01. The summed E-state index contributed by atoms with van der Waals surface area (Å²) in [5, 5.41) is 0.740. The molecule has 0 radical (unpaired) electrons. The SMILES string of the molecule is CC(=O)OC1(N(C=O)c2cc3ccc(Br)cc3o2)CCC(F)(F)CC1. The number of benzene rings is 1. The minimum atomic E-state index is -2.84. The van der Waals surface area contributed by atoms with E-state index in [1.54, 1.807) is 18.2 Å². The number of fused-ring (bicyclic) bond motifs is 1. The summed E-state index contributed by atoms with van der Waals surface area (Å²) < 4.78 is 39.0. The van der Waals surface area contributed by atoms with Crippen LogP contribution in [-0.2, 0) is 14.3 Å². The molecule has 0 unspecified atom stereocenters. The molecule has 0 bridgehead atoms. The van der Waals surface area contributed by atoms with Crippen molar-refractivity contribution in [2.75, 3.05) is 4.90 Å². The lowest BCUT2D eigenvalue weighted by molar-refractivity contribution is -0.171. The van der Waals surface area contributed by atoms with Gasteiger partial charge >= 0.3 is 5.97 Å². The number of nitrogens with zero attached hydrogens (tertiary/aromatic N) is 1. The van der Waals surface area contributed by atoms with Gasteiger partial charge in [0.15, 0.2) is 5.72 Å². The van der Waals surface area contributed by atoms with Crippen LogP contribution in [0.5, 0.6) is 0 Å². The number of anilines is 1. The predicted molar refractivity (Wildman–Crippen MR) is 90.4 cm³/mol. The average Bonchev–Trinajstić information content (AvgIpc) is 2.93. The number of carbonyl (C=O) groups excluding carboxylic acids is 2. The van der Waals surface area contributed by atoms with Crippen LogP contribution in [0.3, 0.4) is 0 Å². The molecule has 0 spiro atoms. The quantitative estimate of drug-likeness (QED) is 0.415. The second kappa shape index (κ2) is 6.40. The zero-order valence-corrected chi connectivity index (χ0v) is 15.0. The van der Waals surface area contributed by atoms with E-state index in [0.717, 1.165) is 14.8 Å². The molecule has 3 rings (SSSR count). The normalized spacial score (nSPS) is 18.7. The molecule has 1 aliphatic rings. The van der Waals surface area contributed by atoms with Crippen molar-refractivity contribution in [1.82, 2.24) is 0 Å². The molecule has 0 saturated heterocycles. The van der Waals surface area contributed by atoms with Crippen molar-refractivity contribution in [3.63, 3.8) is 0 Å². The fourth-order valence-corrected chi connectivity index (χ4v) is 3.46. The van der Waals surface area contributed by atoms with E-state index in [9.17, 15) is 18.4 Å². The number of rotatable bonds is 4. The number of alkyl halides is 2. The first-order valence-electron chi connectivity index (χ1n) is 7.76. The topological polar surface area (TPSA) is 59.8 Å². The second-order valence-electron chi connectivity index (χ2n) is 6.14. The molecule has 1 fully saturated rings. The van der Waals surface area contributed by atoms with Gasteiger partial charge in [-0.25, -0.2) is 13.7 Å². The van der Waals surface area contributed by atoms with Gasteiger partial charge in [-0.15, -0.1) is 0 Å². The molecule has 2 aromatic rings. The lowest BCUT2D eigenvalue weighted by Gasteiger charge is -2.43. The Morgan fingerprint density at radius 3 is 2.56 bits per heavy atom. The predicted octanol–water partition coefficient (Wildman–Crippen LogP) is 4.63. The molecular weight excluding hydrogens is 400 g/mol. The van der Waals surface area contributed by atoms with Gasteiger partial charge in [0.2, 0.25) is 18.2 Å². The number of halogens is 3. The van der Waals surface area contributed by atoms with Crippen molar-refractivity contribution in [1.29, 1.82) is 0 Å². The van der Waals surface area contributed by atoms with E-state index in [0.29, 0.717) is 12.0 Å². The van der Waals surface area contributed by atoms with Crippen LogP contribution in [0, 0.1) is 0 Å². The molecule has 1 aromatic carbocycles. The van der Waals surface area contributed by atoms with E-state index in [-0.39, 0.29) is 18.7 Å². The molecule has 0 aliphatic heterocycles. The lowest BCUT2D eigenvalue weighted by atomic mass is 9.87. The first kappa shape index (κ1) is 17.8. The summed E-state index contributed by atoms with van der Waals surface area (Å²) >= 11 is 3.33. The van der Waals surface area contributed by atoms with Gasteiger partial charge < -0.3 is 9.15 Å². The number of esters is 1. The van der Waals surface area contributed by atoms with Crippen LogP contribution in [0.2, 0.25) is 0 Å². The van der Waals surface area contributed by atoms with Crippen LogP contribution in [0.25, 0.3) is 11.0 Å². The van der Waals surface area contributed by atoms with Gasteiger partial charge in [0.05, 0.1) is 0 Å². The van der Waals surface area contributed by atoms with Gasteiger partial charge in [0, 0.05) is 48.5 Å². The van der Waals surface area contributed by atoms with Crippen LogP contribution in [0.1, 0.15) is 32.6 Å². The summed E-state index contributed by atoms with van der Waals surface area (Å²) in [5.74, 6) is -3.33. The monoisotopic (exact) mass is 415 g/mol. The molecular formula is C17H16BrF2NO4. The summed E-state index contributed by atoms with van der Waals surface area (Å²) in [4.78, 5) is 24.4. The molecule has 0 atom stereocenters. The van der Waals surface area contributed by atoms with E-state index in [4.69, 9.17) is 9.15 Å². The highest BCUT2D eigenvalue weighted by Crippen LogP contribution is 2.44. The number of carbonyl (C=O) groups is 2. The zero-order chi connectivity index (χ0) is 18.2. The molecule has 0 N–H and O–H groups in total. The van der Waals surface area contributed by atoms with E-state index < -0.39 is 30.5 Å². The number of furan rings is 1. The Bertz CT molecular complexity index is 810. The average molecular weight is 416 g/mol. The molecule has 1 heterocycles. The Hall–Kier alpha value is -1.96. The van der Waals surface area contributed by atoms with Gasteiger partial charge in [-0.3, -0.25) is 9.59 Å². The maximum Gasteiger partial charge on any atom is 0.304 e. The van der Waals surface area contributed by atoms with Gasteiger partial charge in [-0.05, 0) is 18.2 Å². The maximum atomic E-state index is 13.6. The van der Waals surface area contributed by atoms with Crippen LogP contribution in [0.15, 0.2) is 33.2 Å². The lowest BCUT2D eigenvalue weighted by Crippen LogP contribution is -2.55.